The number of carboxylic acid groups (broad SMARTS) is 1. The molecule has 0 fully saturated rings. The van der Waals surface area contributed by atoms with Gasteiger partial charge in [0.15, 0.2) is 6.61 Å². The van der Waals surface area contributed by atoms with Crippen LogP contribution in [0.15, 0.2) is 22.7 Å². The molecule has 0 saturated heterocycles. The number of rotatable bonds is 8. The first kappa shape index (κ1) is 16.8. The third-order valence-corrected chi connectivity index (χ3v) is 3.18. The molecule has 1 aromatic rings. The number of hydrogen-bond acceptors (Lipinski definition) is 3. The summed E-state index contributed by atoms with van der Waals surface area (Å²) in [5.41, 5.74) is 0. The zero-order valence-electron chi connectivity index (χ0n) is 10.7. The minimum atomic E-state index is -0.829. The summed E-state index contributed by atoms with van der Waals surface area (Å²) < 4.78 is 6.12. The maximum atomic E-state index is 11.5. The molecule has 0 spiro atoms. The molecule has 0 aliphatic rings. The van der Waals surface area contributed by atoms with E-state index in [0.717, 1.165) is 4.47 Å². The molecule has 110 valence electrons. The van der Waals surface area contributed by atoms with Gasteiger partial charge in [-0.25, -0.2) is 0 Å². The highest BCUT2D eigenvalue weighted by molar-refractivity contribution is 9.10. The van der Waals surface area contributed by atoms with Gasteiger partial charge in [-0.1, -0.05) is 27.5 Å². The Hall–Kier alpha value is -1.27. The van der Waals surface area contributed by atoms with Gasteiger partial charge in [-0.05, 0) is 31.0 Å². The number of hydrogen-bond donors (Lipinski definition) is 2. The molecule has 20 heavy (non-hydrogen) atoms. The van der Waals surface area contributed by atoms with Gasteiger partial charge in [-0.15, -0.1) is 0 Å². The van der Waals surface area contributed by atoms with E-state index in [9.17, 15) is 9.59 Å². The number of ether oxygens (including phenoxy) is 1. The van der Waals surface area contributed by atoms with E-state index in [-0.39, 0.29) is 18.9 Å². The monoisotopic (exact) mass is 363 g/mol. The van der Waals surface area contributed by atoms with Gasteiger partial charge in [0, 0.05) is 17.4 Å². The summed E-state index contributed by atoms with van der Waals surface area (Å²) in [6.07, 6.45) is 1.27. The molecular weight excluding hydrogens is 350 g/mol. The Bertz CT molecular complexity index is 481. The predicted molar refractivity (Wildman–Crippen MR) is 79.1 cm³/mol. The van der Waals surface area contributed by atoms with E-state index >= 15 is 0 Å². The third-order valence-electron chi connectivity index (χ3n) is 2.39. The average molecular weight is 365 g/mol. The summed E-state index contributed by atoms with van der Waals surface area (Å²) in [5.74, 6) is -0.653. The molecule has 0 atom stereocenters. The van der Waals surface area contributed by atoms with Crippen molar-refractivity contribution in [3.05, 3.63) is 27.7 Å². The fourth-order valence-electron chi connectivity index (χ4n) is 1.42. The van der Waals surface area contributed by atoms with E-state index in [2.05, 4.69) is 21.2 Å². The number of carbonyl (C=O) groups excluding carboxylic acids is 1. The van der Waals surface area contributed by atoms with Crippen LogP contribution in [0.5, 0.6) is 5.75 Å². The fourth-order valence-corrected chi connectivity index (χ4v) is 2.14. The van der Waals surface area contributed by atoms with Crippen molar-refractivity contribution in [2.75, 3.05) is 13.2 Å². The molecule has 0 bridgehead atoms. The number of carbonyl (C=O) groups is 2. The topological polar surface area (TPSA) is 75.6 Å². The molecule has 5 nitrogen and oxygen atoms in total. The number of nitrogens with one attached hydrogen (secondary N) is 1. The van der Waals surface area contributed by atoms with Crippen molar-refractivity contribution in [3.63, 3.8) is 0 Å². The molecule has 1 amide bonds. The summed E-state index contributed by atoms with van der Waals surface area (Å²) >= 11 is 9.22. The number of aliphatic carboxylic acids is 1. The second kappa shape index (κ2) is 8.81. The molecule has 1 rings (SSSR count). The molecule has 0 aliphatic carbocycles. The van der Waals surface area contributed by atoms with Crippen molar-refractivity contribution < 1.29 is 19.4 Å². The van der Waals surface area contributed by atoms with E-state index in [1.807, 2.05) is 0 Å². The molecule has 0 unspecified atom stereocenters. The van der Waals surface area contributed by atoms with Gasteiger partial charge in [0.05, 0.1) is 5.02 Å². The van der Waals surface area contributed by atoms with E-state index < -0.39 is 5.97 Å². The minimum absolute atomic E-state index is 0.112. The molecular formula is C13H15BrClNO4. The first-order valence-electron chi connectivity index (χ1n) is 6.05. The molecule has 0 aromatic heterocycles. The summed E-state index contributed by atoms with van der Waals surface area (Å²) in [6.45, 7) is 0.309. The highest BCUT2D eigenvalue weighted by Gasteiger charge is 2.06. The first-order valence-corrected chi connectivity index (χ1v) is 7.22. The highest BCUT2D eigenvalue weighted by atomic mass is 79.9. The lowest BCUT2D eigenvalue weighted by molar-refractivity contribution is -0.137. The average Bonchev–Trinajstić information content (AvgIpc) is 2.37. The number of carboxylic acids is 1. The van der Waals surface area contributed by atoms with Crippen molar-refractivity contribution in [2.24, 2.45) is 0 Å². The van der Waals surface area contributed by atoms with E-state index in [4.69, 9.17) is 21.4 Å². The molecule has 0 aliphatic heterocycles. The molecule has 0 radical (unpaired) electrons. The van der Waals surface area contributed by atoms with Gasteiger partial charge < -0.3 is 15.2 Å². The van der Waals surface area contributed by atoms with Crippen molar-refractivity contribution in [3.8, 4) is 5.75 Å². The Labute approximate surface area is 130 Å². The van der Waals surface area contributed by atoms with Crippen LogP contribution in [0.4, 0.5) is 0 Å². The van der Waals surface area contributed by atoms with E-state index in [0.29, 0.717) is 30.2 Å². The SMILES string of the molecule is O=C(O)CCCCNC(=O)COc1ccc(Br)cc1Cl. The lowest BCUT2D eigenvalue weighted by atomic mass is 10.2. The molecule has 7 heteroatoms. The van der Waals surface area contributed by atoms with Crippen LogP contribution in [0.1, 0.15) is 19.3 Å². The predicted octanol–water partition coefficient (Wildman–Crippen LogP) is 2.85. The maximum absolute atomic E-state index is 11.5. The lowest BCUT2D eigenvalue weighted by Crippen LogP contribution is -2.29. The van der Waals surface area contributed by atoms with E-state index in [1.165, 1.54) is 0 Å². The smallest absolute Gasteiger partial charge is 0.303 e. The van der Waals surface area contributed by atoms with Crippen LogP contribution >= 0.6 is 27.5 Å². The van der Waals surface area contributed by atoms with Gasteiger partial charge >= 0.3 is 5.97 Å². The Balaban J connectivity index is 2.21. The van der Waals surface area contributed by atoms with Crippen molar-refractivity contribution >= 4 is 39.4 Å². The molecule has 1 aromatic carbocycles. The quantitative estimate of drug-likeness (QED) is 0.696. The zero-order chi connectivity index (χ0) is 15.0. The Kier molecular flexibility index (Phi) is 7.40. The van der Waals surface area contributed by atoms with Crippen LogP contribution in [0.25, 0.3) is 0 Å². The van der Waals surface area contributed by atoms with Gasteiger partial charge in [0.1, 0.15) is 5.75 Å². The standard InChI is InChI=1S/C13H15BrClNO4/c14-9-4-5-11(10(15)7-9)20-8-12(17)16-6-2-1-3-13(18)19/h4-5,7H,1-3,6,8H2,(H,16,17)(H,18,19). The fraction of sp³-hybridized carbons (Fsp3) is 0.385. The molecule has 0 saturated carbocycles. The summed E-state index contributed by atoms with van der Waals surface area (Å²) in [6, 6.07) is 5.12. The third kappa shape index (κ3) is 6.77. The highest BCUT2D eigenvalue weighted by Crippen LogP contribution is 2.27. The van der Waals surface area contributed by atoms with Crippen LogP contribution in [-0.4, -0.2) is 30.1 Å². The molecule has 0 heterocycles. The maximum Gasteiger partial charge on any atom is 0.303 e. The number of benzene rings is 1. The Morgan fingerprint density at radius 2 is 2.10 bits per heavy atom. The van der Waals surface area contributed by atoms with Gasteiger partial charge in [-0.2, -0.15) is 0 Å². The molecule has 2 N–H and O–H groups in total. The van der Waals surface area contributed by atoms with Gasteiger partial charge in [-0.3, -0.25) is 9.59 Å². The van der Waals surface area contributed by atoms with Crippen LogP contribution in [-0.2, 0) is 9.59 Å². The number of amides is 1. The van der Waals surface area contributed by atoms with Crippen LogP contribution in [0.2, 0.25) is 5.02 Å². The van der Waals surface area contributed by atoms with Crippen LogP contribution < -0.4 is 10.1 Å². The van der Waals surface area contributed by atoms with Gasteiger partial charge in [0.2, 0.25) is 0 Å². The Morgan fingerprint density at radius 3 is 2.75 bits per heavy atom. The van der Waals surface area contributed by atoms with Crippen molar-refractivity contribution in [1.29, 1.82) is 0 Å². The van der Waals surface area contributed by atoms with E-state index in [1.54, 1.807) is 18.2 Å². The first-order chi connectivity index (χ1) is 9.49. The van der Waals surface area contributed by atoms with Crippen LogP contribution in [0, 0.1) is 0 Å². The summed E-state index contributed by atoms with van der Waals surface area (Å²) in [5, 5.41) is 11.5. The summed E-state index contributed by atoms with van der Waals surface area (Å²) in [7, 11) is 0. The normalized spacial score (nSPS) is 10.1. The van der Waals surface area contributed by atoms with Crippen molar-refractivity contribution in [1.82, 2.24) is 5.32 Å². The number of halogens is 2. The summed E-state index contributed by atoms with van der Waals surface area (Å²) in [4.78, 5) is 21.8. The van der Waals surface area contributed by atoms with Crippen LogP contribution in [0.3, 0.4) is 0 Å². The Morgan fingerprint density at radius 1 is 1.35 bits per heavy atom. The van der Waals surface area contributed by atoms with Gasteiger partial charge in [0.25, 0.3) is 5.91 Å². The van der Waals surface area contributed by atoms with Crippen molar-refractivity contribution in [2.45, 2.75) is 19.3 Å². The zero-order valence-corrected chi connectivity index (χ0v) is 13.0. The largest absolute Gasteiger partial charge is 0.482 e. The second-order valence-corrected chi connectivity index (χ2v) is 5.39. The number of unbranched alkanes of at least 4 members (excludes halogenated alkanes) is 1. The lowest BCUT2D eigenvalue weighted by Gasteiger charge is -2.08. The minimum Gasteiger partial charge on any atom is -0.482 e. The second-order valence-electron chi connectivity index (χ2n) is 4.06.